The van der Waals surface area contributed by atoms with Crippen molar-refractivity contribution in [3.8, 4) is 0 Å². The lowest BCUT2D eigenvalue weighted by molar-refractivity contribution is -0.217. The van der Waals surface area contributed by atoms with Gasteiger partial charge in [0, 0.05) is 5.92 Å². The van der Waals surface area contributed by atoms with Crippen LogP contribution in [-0.4, -0.2) is 56.0 Å². The van der Waals surface area contributed by atoms with Crippen molar-refractivity contribution in [2.24, 2.45) is 44.8 Å². The number of aliphatic hydroxyl groups is 4. The van der Waals surface area contributed by atoms with Gasteiger partial charge >= 0.3 is 0 Å². The lowest BCUT2D eigenvalue weighted by Gasteiger charge is -2.64. The third kappa shape index (κ3) is 2.78. The molecule has 5 aliphatic carbocycles. The summed E-state index contributed by atoms with van der Waals surface area (Å²) in [4.78, 5) is 0. The molecular weight excluding hydrogens is 440 g/mol. The minimum Gasteiger partial charge on any atom is -0.393 e. The molecule has 200 valence electrons. The van der Waals surface area contributed by atoms with Crippen LogP contribution in [0.3, 0.4) is 0 Å². The van der Waals surface area contributed by atoms with E-state index in [0.717, 1.165) is 51.4 Å². The zero-order valence-electron chi connectivity index (χ0n) is 23.1. The Labute approximate surface area is 212 Å². The van der Waals surface area contributed by atoms with Crippen LogP contribution in [0.25, 0.3) is 0 Å². The molecule has 0 aromatic rings. The van der Waals surface area contributed by atoms with Crippen LogP contribution in [0.4, 0.5) is 0 Å². The van der Waals surface area contributed by atoms with Crippen LogP contribution in [0.5, 0.6) is 0 Å². The largest absolute Gasteiger partial charge is 0.393 e. The maximum atomic E-state index is 11.9. The smallest absolute Gasteiger partial charge is 0.0865 e. The van der Waals surface area contributed by atoms with Gasteiger partial charge in [-0.05, 0) is 117 Å². The van der Waals surface area contributed by atoms with Gasteiger partial charge in [0.2, 0.25) is 0 Å². The summed E-state index contributed by atoms with van der Waals surface area (Å²) in [6.45, 7) is 15.0. The highest BCUT2D eigenvalue weighted by molar-refractivity contribution is 5.33. The first-order valence-corrected chi connectivity index (χ1v) is 14.4. The normalized spacial score (nSPS) is 60.9. The molecule has 1 unspecified atom stereocenters. The molecule has 1 heterocycles. The fourth-order valence-electron chi connectivity index (χ4n) is 12.1. The van der Waals surface area contributed by atoms with Gasteiger partial charge in [0.1, 0.15) is 0 Å². The molecule has 6 aliphatic rings. The predicted octanol–water partition coefficient (Wildman–Crippen LogP) is 4.44. The lowest BCUT2D eigenvalue weighted by Crippen LogP contribution is -2.62. The van der Waals surface area contributed by atoms with E-state index < -0.39 is 23.4 Å². The second-order valence-electron chi connectivity index (χ2n) is 15.9. The summed E-state index contributed by atoms with van der Waals surface area (Å²) in [5, 5.41) is 45.2. The molecule has 5 saturated carbocycles. The Kier molecular flexibility index (Phi) is 4.92. The van der Waals surface area contributed by atoms with Crippen molar-refractivity contribution in [2.75, 3.05) is 0 Å². The van der Waals surface area contributed by atoms with E-state index in [0.29, 0.717) is 5.92 Å². The number of hydrogen-bond acceptors (Lipinski definition) is 5. The fraction of sp³-hybridized carbons (Fsp3) is 1.00. The Morgan fingerprint density at radius 1 is 0.771 bits per heavy atom. The number of rotatable bonds is 2. The highest BCUT2D eigenvalue weighted by Crippen LogP contribution is 2.89. The van der Waals surface area contributed by atoms with E-state index in [2.05, 4.69) is 34.6 Å². The second kappa shape index (κ2) is 6.86. The Hall–Kier alpha value is -0.200. The van der Waals surface area contributed by atoms with Crippen LogP contribution in [-0.2, 0) is 4.74 Å². The summed E-state index contributed by atoms with van der Waals surface area (Å²) in [6.07, 6.45) is 7.11. The molecule has 2 spiro atoms. The molecule has 1 saturated heterocycles. The van der Waals surface area contributed by atoms with Crippen LogP contribution in [0.1, 0.15) is 106 Å². The van der Waals surface area contributed by atoms with Gasteiger partial charge in [-0.2, -0.15) is 0 Å². The van der Waals surface area contributed by atoms with E-state index in [4.69, 9.17) is 4.74 Å². The van der Waals surface area contributed by atoms with Crippen molar-refractivity contribution < 1.29 is 25.2 Å². The van der Waals surface area contributed by atoms with E-state index in [1.807, 2.05) is 13.8 Å². The third-order valence-corrected chi connectivity index (χ3v) is 13.8. The molecule has 4 N–H and O–H groups in total. The van der Waals surface area contributed by atoms with Crippen molar-refractivity contribution in [3.05, 3.63) is 0 Å². The minimum absolute atomic E-state index is 0.00561. The molecule has 12 atom stereocenters. The third-order valence-electron chi connectivity index (χ3n) is 13.8. The van der Waals surface area contributed by atoms with Crippen LogP contribution in [0, 0.1) is 44.8 Å². The zero-order chi connectivity index (χ0) is 25.6. The molecule has 6 fully saturated rings. The van der Waals surface area contributed by atoms with E-state index >= 15 is 0 Å². The van der Waals surface area contributed by atoms with Gasteiger partial charge in [0.25, 0.3) is 0 Å². The summed E-state index contributed by atoms with van der Waals surface area (Å²) in [6, 6.07) is 0. The first-order valence-electron chi connectivity index (χ1n) is 14.4. The summed E-state index contributed by atoms with van der Waals surface area (Å²) in [5.41, 5.74) is -1.44. The molecular formula is C30H50O5. The predicted molar refractivity (Wildman–Crippen MR) is 134 cm³/mol. The quantitative estimate of drug-likeness (QED) is 0.460. The Morgan fingerprint density at radius 3 is 2.09 bits per heavy atom. The standard InChI is InChI=1S/C30H50O5/c1-24(2)19-14-17(31)23-27(6)15-18(32)22(28(7)10-9-21(35-28)25(3,4)34)26(27,5)12-13-30(23)16-29(19,30)11-8-20(24)33/h17-23,31-34H,8-16H2,1-7H3/t17-,18+,19+,20+,21-,22?,23+,26-,27+,28+,29-,30+/m1/s1. The van der Waals surface area contributed by atoms with Gasteiger partial charge in [0.05, 0.1) is 35.6 Å². The number of fused-ring (bicyclic) bond motifs is 2. The second-order valence-corrected chi connectivity index (χ2v) is 15.9. The summed E-state index contributed by atoms with van der Waals surface area (Å²) < 4.78 is 6.65. The molecule has 35 heavy (non-hydrogen) atoms. The molecule has 5 nitrogen and oxygen atoms in total. The molecule has 5 heteroatoms. The first kappa shape index (κ1) is 25.1. The molecule has 0 radical (unpaired) electrons. The van der Waals surface area contributed by atoms with E-state index in [1.54, 1.807) is 0 Å². The van der Waals surface area contributed by atoms with Crippen LogP contribution >= 0.6 is 0 Å². The average Bonchev–Trinajstić information content (AvgIpc) is 3.08. The van der Waals surface area contributed by atoms with Crippen LogP contribution < -0.4 is 0 Å². The van der Waals surface area contributed by atoms with Crippen molar-refractivity contribution in [3.63, 3.8) is 0 Å². The van der Waals surface area contributed by atoms with Crippen molar-refractivity contribution in [1.82, 2.24) is 0 Å². The number of ether oxygens (including phenoxy) is 1. The summed E-state index contributed by atoms with van der Waals surface area (Å²) in [7, 11) is 0. The molecule has 6 rings (SSSR count). The maximum absolute atomic E-state index is 11.9. The van der Waals surface area contributed by atoms with Gasteiger partial charge < -0.3 is 25.2 Å². The number of hydrogen-bond donors (Lipinski definition) is 4. The Bertz CT molecular complexity index is 911. The van der Waals surface area contributed by atoms with Crippen molar-refractivity contribution in [2.45, 2.75) is 142 Å². The van der Waals surface area contributed by atoms with E-state index in [-0.39, 0.29) is 51.1 Å². The molecule has 0 amide bonds. The summed E-state index contributed by atoms with van der Waals surface area (Å²) >= 11 is 0. The van der Waals surface area contributed by atoms with Gasteiger partial charge in [-0.1, -0.05) is 27.7 Å². The van der Waals surface area contributed by atoms with Crippen molar-refractivity contribution in [1.29, 1.82) is 0 Å². The van der Waals surface area contributed by atoms with Gasteiger partial charge in [0.15, 0.2) is 0 Å². The van der Waals surface area contributed by atoms with E-state index in [1.165, 1.54) is 6.42 Å². The van der Waals surface area contributed by atoms with Crippen LogP contribution in [0.2, 0.25) is 0 Å². The Morgan fingerprint density at radius 2 is 1.46 bits per heavy atom. The zero-order valence-corrected chi connectivity index (χ0v) is 23.1. The average molecular weight is 491 g/mol. The van der Waals surface area contributed by atoms with E-state index in [9.17, 15) is 20.4 Å². The molecule has 0 aromatic heterocycles. The fourth-order valence-corrected chi connectivity index (χ4v) is 12.1. The van der Waals surface area contributed by atoms with Crippen LogP contribution in [0.15, 0.2) is 0 Å². The maximum Gasteiger partial charge on any atom is 0.0865 e. The highest BCUT2D eigenvalue weighted by atomic mass is 16.5. The number of aliphatic hydroxyl groups excluding tert-OH is 3. The monoisotopic (exact) mass is 490 g/mol. The molecule has 0 bridgehead atoms. The first-order chi connectivity index (χ1) is 16.0. The lowest BCUT2D eigenvalue weighted by atomic mass is 9.41. The minimum atomic E-state index is -0.893. The summed E-state index contributed by atoms with van der Waals surface area (Å²) in [5.74, 6) is 0.544. The van der Waals surface area contributed by atoms with Gasteiger partial charge in [-0.15, -0.1) is 0 Å². The van der Waals surface area contributed by atoms with Gasteiger partial charge in [-0.25, -0.2) is 0 Å². The molecule has 0 aromatic carbocycles. The topological polar surface area (TPSA) is 90.2 Å². The molecule has 1 aliphatic heterocycles. The SMILES string of the molecule is CC(C)(O)[C@H]1CC[C@@](C)(C2[C@@H](O)C[C@@]3(C)[C@@H]4[C@H](O)C[C@H]5C(C)(C)[C@@H](O)CC[C@@]56C[C@@]46CC[C@]23C)O1. The highest BCUT2D eigenvalue weighted by Gasteiger charge is 2.85. The Balaban J connectivity index is 1.37. The van der Waals surface area contributed by atoms with Crippen molar-refractivity contribution >= 4 is 0 Å². The van der Waals surface area contributed by atoms with Gasteiger partial charge in [-0.3, -0.25) is 0 Å².